The fourth-order valence-electron chi connectivity index (χ4n) is 4.63. The van der Waals surface area contributed by atoms with Gasteiger partial charge in [0.05, 0.1) is 15.6 Å². The molecule has 2 aliphatic rings. The van der Waals surface area contributed by atoms with Crippen molar-refractivity contribution >= 4 is 33.0 Å². The van der Waals surface area contributed by atoms with Gasteiger partial charge in [0.1, 0.15) is 10.7 Å². The Morgan fingerprint density at radius 1 is 1.06 bits per heavy atom. The molecule has 0 bridgehead atoms. The number of carbonyl (C=O) groups is 1. The highest BCUT2D eigenvalue weighted by atomic mass is 32.2. The molecule has 6 nitrogen and oxygen atoms in total. The van der Waals surface area contributed by atoms with Crippen molar-refractivity contribution in [3.05, 3.63) is 75.0 Å². The van der Waals surface area contributed by atoms with E-state index in [0.29, 0.717) is 47.9 Å². The number of aryl methyl sites for hydroxylation is 1. The van der Waals surface area contributed by atoms with Crippen LogP contribution in [-0.2, 0) is 22.9 Å². The molecular formula is C25H26FN3O3S2. The molecule has 1 fully saturated rings. The van der Waals surface area contributed by atoms with Crippen molar-refractivity contribution < 1.29 is 17.6 Å². The maximum atomic E-state index is 13.4. The topological polar surface area (TPSA) is 70.6 Å². The molecule has 0 N–H and O–H groups in total. The summed E-state index contributed by atoms with van der Waals surface area (Å²) in [5.41, 5.74) is 3.24. The Hall–Kier alpha value is -2.62. The number of piperidine rings is 1. The second kappa shape index (κ2) is 9.20. The first kappa shape index (κ1) is 23.1. The molecule has 0 saturated carbocycles. The van der Waals surface area contributed by atoms with Gasteiger partial charge in [-0.2, -0.15) is 4.31 Å². The SMILES string of the molecule is Cc1nc(Cc2ccc(F)cc2)sc1C(=O)N1CCc2cc(S(=O)(=O)N3CCCCC3)ccc21. The number of benzene rings is 2. The van der Waals surface area contributed by atoms with Crippen LogP contribution in [0.15, 0.2) is 47.4 Å². The number of thiazole rings is 1. The maximum absolute atomic E-state index is 13.4. The van der Waals surface area contributed by atoms with Gasteiger partial charge in [0, 0.05) is 31.7 Å². The quantitative estimate of drug-likeness (QED) is 0.516. The Kier molecular flexibility index (Phi) is 6.26. The smallest absolute Gasteiger partial charge is 0.270 e. The van der Waals surface area contributed by atoms with Gasteiger partial charge < -0.3 is 4.90 Å². The van der Waals surface area contributed by atoms with Crippen LogP contribution in [0.25, 0.3) is 0 Å². The largest absolute Gasteiger partial charge is 0.307 e. The van der Waals surface area contributed by atoms with E-state index >= 15 is 0 Å². The highest BCUT2D eigenvalue weighted by Gasteiger charge is 2.31. The lowest BCUT2D eigenvalue weighted by atomic mass is 10.1. The van der Waals surface area contributed by atoms with Gasteiger partial charge in [-0.1, -0.05) is 18.6 Å². The van der Waals surface area contributed by atoms with Gasteiger partial charge in [-0.25, -0.2) is 17.8 Å². The van der Waals surface area contributed by atoms with Crippen molar-refractivity contribution in [1.82, 2.24) is 9.29 Å². The highest BCUT2D eigenvalue weighted by Crippen LogP contribution is 2.34. The Morgan fingerprint density at radius 2 is 1.79 bits per heavy atom. The van der Waals surface area contributed by atoms with Gasteiger partial charge in [0.2, 0.25) is 10.0 Å². The molecule has 2 aliphatic heterocycles. The van der Waals surface area contributed by atoms with Crippen molar-refractivity contribution in [3.63, 3.8) is 0 Å². The number of nitrogens with zero attached hydrogens (tertiary/aromatic N) is 3. The first-order chi connectivity index (χ1) is 16.3. The number of hydrogen-bond acceptors (Lipinski definition) is 5. The second-order valence-corrected chi connectivity index (χ2v) is 11.8. The summed E-state index contributed by atoms with van der Waals surface area (Å²) in [6.07, 6.45) is 4.00. The monoisotopic (exact) mass is 499 g/mol. The third-order valence-electron chi connectivity index (χ3n) is 6.45. The van der Waals surface area contributed by atoms with Gasteiger partial charge in [-0.15, -0.1) is 11.3 Å². The van der Waals surface area contributed by atoms with Gasteiger partial charge in [-0.3, -0.25) is 4.79 Å². The molecule has 0 unspecified atom stereocenters. The minimum absolute atomic E-state index is 0.120. The molecule has 34 heavy (non-hydrogen) atoms. The summed E-state index contributed by atoms with van der Waals surface area (Å²) in [6.45, 7) is 3.46. The van der Waals surface area contributed by atoms with Crippen LogP contribution in [0.1, 0.15) is 50.8 Å². The predicted octanol–water partition coefficient (Wildman–Crippen LogP) is 4.56. The summed E-state index contributed by atoms with van der Waals surface area (Å²) in [6, 6.07) is 11.4. The number of carbonyl (C=O) groups excluding carboxylic acids is 1. The number of hydrogen-bond donors (Lipinski definition) is 0. The van der Waals surface area contributed by atoms with Crippen molar-refractivity contribution in [2.45, 2.75) is 43.9 Å². The minimum Gasteiger partial charge on any atom is -0.307 e. The molecule has 178 valence electrons. The lowest BCUT2D eigenvalue weighted by molar-refractivity contribution is 0.0992. The van der Waals surface area contributed by atoms with E-state index in [1.807, 2.05) is 6.92 Å². The summed E-state index contributed by atoms with van der Waals surface area (Å²) < 4.78 is 40.9. The van der Waals surface area contributed by atoms with Crippen molar-refractivity contribution in [1.29, 1.82) is 0 Å². The van der Waals surface area contributed by atoms with Crippen LogP contribution in [0.2, 0.25) is 0 Å². The Labute approximate surface area is 203 Å². The van der Waals surface area contributed by atoms with Crippen molar-refractivity contribution in [2.75, 3.05) is 24.5 Å². The summed E-state index contributed by atoms with van der Waals surface area (Å²) >= 11 is 1.36. The molecule has 3 aromatic rings. The van der Waals surface area contributed by atoms with E-state index in [4.69, 9.17) is 0 Å². The van der Waals surface area contributed by atoms with Crippen LogP contribution in [0.3, 0.4) is 0 Å². The number of fused-ring (bicyclic) bond motifs is 1. The zero-order valence-corrected chi connectivity index (χ0v) is 20.6. The molecule has 3 heterocycles. The molecular weight excluding hydrogens is 473 g/mol. The Bertz CT molecular complexity index is 1330. The number of rotatable bonds is 5. The Balaban J connectivity index is 1.36. The fourth-order valence-corrected chi connectivity index (χ4v) is 7.25. The average molecular weight is 500 g/mol. The molecule has 0 radical (unpaired) electrons. The zero-order chi connectivity index (χ0) is 23.9. The molecule has 5 rings (SSSR count). The first-order valence-electron chi connectivity index (χ1n) is 11.5. The molecule has 2 aromatic carbocycles. The zero-order valence-electron chi connectivity index (χ0n) is 19.0. The van der Waals surface area contributed by atoms with Crippen LogP contribution in [0.4, 0.5) is 10.1 Å². The number of aromatic nitrogens is 1. The molecule has 0 spiro atoms. The maximum Gasteiger partial charge on any atom is 0.270 e. The van der Waals surface area contributed by atoms with Gasteiger partial charge in [0.15, 0.2) is 0 Å². The Morgan fingerprint density at radius 3 is 2.53 bits per heavy atom. The van der Waals surface area contributed by atoms with Gasteiger partial charge in [-0.05, 0) is 67.6 Å². The number of sulfonamides is 1. The normalized spacial score (nSPS) is 16.6. The molecule has 0 aliphatic carbocycles. The molecule has 1 saturated heterocycles. The van der Waals surface area contributed by atoms with Crippen LogP contribution >= 0.6 is 11.3 Å². The van der Waals surface area contributed by atoms with E-state index in [0.717, 1.165) is 41.1 Å². The fraction of sp³-hybridized carbons (Fsp3) is 0.360. The summed E-state index contributed by atoms with van der Waals surface area (Å²) in [5, 5.41) is 0.801. The standard InChI is InChI=1S/C25H26FN3O3S2/c1-17-24(33-23(27-17)15-18-5-7-20(26)8-6-18)25(30)29-14-11-19-16-21(9-10-22(19)29)34(31,32)28-12-3-2-4-13-28/h5-10,16H,2-4,11-15H2,1H3. The third kappa shape index (κ3) is 4.39. The van der Waals surface area contributed by atoms with E-state index in [2.05, 4.69) is 4.98 Å². The van der Waals surface area contributed by atoms with E-state index in [9.17, 15) is 17.6 Å². The van der Waals surface area contributed by atoms with Gasteiger partial charge >= 0.3 is 0 Å². The third-order valence-corrected chi connectivity index (χ3v) is 9.49. The summed E-state index contributed by atoms with van der Waals surface area (Å²) in [7, 11) is -3.51. The number of anilines is 1. The summed E-state index contributed by atoms with van der Waals surface area (Å²) in [4.78, 5) is 20.6. The first-order valence-corrected chi connectivity index (χ1v) is 13.7. The van der Waals surface area contributed by atoms with Crippen LogP contribution in [0, 0.1) is 12.7 Å². The van der Waals surface area contributed by atoms with E-state index in [-0.39, 0.29) is 11.7 Å². The van der Waals surface area contributed by atoms with Crippen molar-refractivity contribution in [2.24, 2.45) is 0 Å². The lowest BCUT2D eigenvalue weighted by Crippen LogP contribution is -2.35. The van der Waals surface area contributed by atoms with Crippen LogP contribution in [-0.4, -0.2) is 43.2 Å². The number of halogens is 1. The van der Waals surface area contributed by atoms with E-state index in [1.165, 1.54) is 23.5 Å². The van der Waals surface area contributed by atoms with Crippen LogP contribution in [0.5, 0.6) is 0 Å². The minimum atomic E-state index is -3.51. The highest BCUT2D eigenvalue weighted by molar-refractivity contribution is 7.89. The molecule has 9 heteroatoms. The van der Waals surface area contributed by atoms with E-state index in [1.54, 1.807) is 39.5 Å². The molecule has 1 amide bonds. The average Bonchev–Trinajstić information content (AvgIpc) is 3.43. The molecule has 0 atom stereocenters. The predicted molar refractivity (Wildman–Crippen MR) is 130 cm³/mol. The molecule has 1 aromatic heterocycles. The van der Waals surface area contributed by atoms with Crippen molar-refractivity contribution in [3.8, 4) is 0 Å². The number of amides is 1. The summed E-state index contributed by atoms with van der Waals surface area (Å²) in [5.74, 6) is -0.403. The van der Waals surface area contributed by atoms with Gasteiger partial charge in [0.25, 0.3) is 5.91 Å². The van der Waals surface area contributed by atoms with E-state index < -0.39 is 10.0 Å². The lowest BCUT2D eigenvalue weighted by Gasteiger charge is -2.26. The second-order valence-electron chi connectivity index (χ2n) is 8.79. The van der Waals surface area contributed by atoms with Crippen LogP contribution < -0.4 is 4.90 Å².